The normalized spacial score (nSPS) is 10.2. The third-order valence-corrected chi connectivity index (χ3v) is 2.20. The Kier molecular flexibility index (Phi) is 2.43. The van der Waals surface area contributed by atoms with Gasteiger partial charge in [0.15, 0.2) is 11.0 Å². The SMILES string of the molecule is Nc1ccc(-c2cc(Cl)nnc2N)cc1. The summed E-state index contributed by atoms with van der Waals surface area (Å²) in [6.07, 6.45) is 0. The smallest absolute Gasteiger partial charge is 0.154 e. The lowest BCUT2D eigenvalue weighted by molar-refractivity contribution is 1.04. The number of hydrogen-bond acceptors (Lipinski definition) is 4. The minimum absolute atomic E-state index is 0.316. The van der Waals surface area contributed by atoms with E-state index in [1.165, 1.54) is 0 Å². The molecule has 5 heteroatoms. The molecule has 2 aromatic rings. The summed E-state index contributed by atoms with van der Waals surface area (Å²) in [6, 6.07) is 8.99. The van der Waals surface area contributed by atoms with E-state index in [0.29, 0.717) is 16.7 Å². The Hall–Kier alpha value is -1.81. The molecule has 0 fully saturated rings. The van der Waals surface area contributed by atoms with Gasteiger partial charge in [-0.05, 0) is 23.8 Å². The van der Waals surface area contributed by atoms with Gasteiger partial charge in [0.2, 0.25) is 0 Å². The highest BCUT2D eigenvalue weighted by Crippen LogP contribution is 2.26. The fraction of sp³-hybridized carbons (Fsp3) is 0. The third kappa shape index (κ3) is 1.99. The number of nitrogen functional groups attached to an aromatic ring is 2. The predicted molar refractivity (Wildman–Crippen MR) is 61.3 cm³/mol. The van der Waals surface area contributed by atoms with E-state index < -0.39 is 0 Å². The molecular weight excluding hydrogens is 212 g/mol. The van der Waals surface area contributed by atoms with E-state index in [0.717, 1.165) is 11.1 Å². The van der Waals surface area contributed by atoms with E-state index in [9.17, 15) is 0 Å². The molecule has 0 amide bonds. The molecule has 0 saturated heterocycles. The second kappa shape index (κ2) is 3.74. The Morgan fingerprint density at radius 2 is 1.67 bits per heavy atom. The fourth-order valence-electron chi connectivity index (χ4n) is 1.27. The van der Waals surface area contributed by atoms with Crippen LogP contribution in [0.4, 0.5) is 11.5 Å². The maximum Gasteiger partial charge on any atom is 0.154 e. The van der Waals surface area contributed by atoms with Gasteiger partial charge in [0.05, 0.1) is 0 Å². The van der Waals surface area contributed by atoms with Crippen molar-refractivity contribution in [3.8, 4) is 11.1 Å². The number of rotatable bonds is 1. The van der Waals surface area contributed by atoms with Gasteiger partial charge < -0.3 is 11.5 Å². The van der Waals surface area contributed by atoms with E-state index >= 15 is 0 Å². The lowest BCUT2D eigenvalue weighted by Crippen LogP contribution is -1.96. The first-order chi connectivity index (χ1) is 7.16. The van der Waals surface area contributed by atoms with Crippen LogP contribution in [-0.4, -0.2) is 10.2 Å². The summed E-state index contributed by atoms with van der Waals surface area (Å²) < 4.78 is 0. The standard InChI is InChI=1S/C10H9ClN4/c11-9-5-8(10(13)15-14-9)6-1-3-7(12)4-2-6/h1-5H,12H2,(H2,13,15). The number of hydrogen-bond donors (Lipinski definition) is 2. The van der Waals surface area contributed by atoms with Crippen LogP contribution in [0.15, 0.2) is 30.3 Å². The highest BCUT2D eigenvalue weighted by molar-refractivity contribution is 6.29. The van der Waals surface area contributed by atoms with Crippen LogP contribution in [0.1, 0.15) is 0 Å². The second-order valence-electron chi connectivity index (χ2n) is 3.09. The van der Waals surface area contributed by atoms with Gasteiger partial charge in [-0.3, -0.25) is 0 Å². The maximum absolute atomic E-state index is 5.74. The number of nitrogens with two attached hydrogens (primary N) is 2. The monoisotopic (exact) mass is 220 g/mol. The maximum atomic E-state index is 5.74. The molecule has 76 valence electrons. The quantitative estimate of drug-likeness (QED) is 0.721. The Labute approximate surface area is 91.9 Å². The number of nitrogens with zero attached hydrogens (tertiary/aromatic N) is 2. The zero-order valence-electron chi connectivity index (χ0n) is 7.81. The molecule has 4 nitrogen and oxygen atoms in total. The topological polar surface area (TPSA) is 77.8 Å². The number of benzene rings is 1. The second-order valence-corrected chi connectivity index (χ2v) is 3.48. The molecule has 4 N–H and O–H groups in total. The average Bonchev–Trinajstić information content (AvgIpc) is 2.23. The van der Waals surface area contributed by atoms with Crippen LogP contribution >= 0.6 is 11.6 Å². The molecular formula is C10H9ClN4. The van der Waals surface area contributed by atoms with Gasteiger partial charge in [-0.15, -0.1) is 10.2 Å². The molecule has 0 aliphatic carbocycles. The molecule has 15 heavy (non-hydrogen) atoms. The van der Waals surface area contributed by atoms with Crippen molar-refractivity contribution in [2.24, 2.45) is 0 Å². The molecule has 1 heterocycles. The van der Waals surface area contributed by atoms with E-state index in [1.807, 2.05) is 12.1 Å². The van der Waals surface area contributed by atoms with E-state index in [4.69, 9.17) is 23.1 Å². The minimum atomic E-state index is 0.316. The summed E-state index contributed by atoms with van der Waals surface area (Å²) in [5.74, 6) is 0.351. The molecule has 0 radical (unpaired) electrons. The van der Waals surface area contributed by atoms with E-state index in [-0.39, 0.29) is 0 Å². The number of aromatic nitrogens is 2. The van der Waals surface area contributed by atoms with Crippen molar-refractivity contribution >= 4 is 23.1 Å². The van der Waals surface area contributed by atoms with E-state index in [2.05, 4.69) is 10.2 Å². The average molecular weight is 221 g/mol. The zero-order valence-corrected chi connectivity index (χ0v) is 8.57. The highest BCUT2D eigenvalue weighted by Gasteiger charge is 2.05. The van der Waals surface area contributed by atoms with Crippen LogP contribution < -0.4 is 11.5 Å². The summed E-state index contributed by atoms with van der Waals surface area (Å²) in [5.41, 5.74) is 13.7. The van der Waals surface area contributed by atoms with Gasteiger partial charge in [0.1, 0.15) is 0 Å². The molecule has 2 rings (SSSR count). The van der Waals surface area contributed by atoms with Crippen LogP contribution in [0.25, 0.3) is 11.1 Å². The van der Waals surface area contributed by atoms with E-state index in [1.54, 1.807) is 18.2 Å². The van der Waals surface area contributed by atoms with Gasteiger partial charge in [-0.25, -0.2) is 0 Å². The van der Waals surface area contributed by atoms with Crippen molar-refractivity contribution in [1.29, 1.82) is 0 Å². The van der Waals surface area contributed by atoms with Crippen molar-refractivity contribution in [1.82, 2.24) is 10.2 Å². The summed E-state index contributed by atoms with van der Waals surface area (Å²) in [5, 5.41) is 7.71. The Morgan fingerprint density at radius 1 is 1.00 bits per heavy atom. The van der Waals surface area contributed by atoms with Gasteiger partial charge in [-0.2, -0.15) is 0 Å². The third-order valence-electron chi connectivity index (χ3n) is 2.01. The lowest BCUT2D eigenvalue weighted by Gasteiger charge is -2.04. The summed E-state index contributed by atoms with van der Waals surface area (Å²) in [4.78, 5) is 0. The van der Waals surface area contributed by atoms with Gasteiger partial charge >= 0.3 is 0 Å². The van der Waals surface area contributed by atoms with Crippen molar-refractivity contribution in [3.05, 3.63) is 35.5 Å². The molecule has 0 saturated carbocycles. The first-order valence-corrected chi connectivity index (χ1v) is 4.69. The first kappa shape index (κ1) is 9.73. The summed E-state index contributed by atoms with van der Waals surface area (Å²) >= 11 is 5.74. The van der Waals surface area contributed by atoms with Gasteiger partial charge in [-0.1, -0.05) is 23.7 Å². The van der Waals surface area contributed by atoms with Crippen LogP contribution in [0, 0.1) is 0 Å². The molecule has 0 bridgehead atoms. The molecule has 0 spiro atoms. The van der Waals surface area contributed by atoms with Crippen molar-refractivity contribution in [3.63, 3.8) is 0 Å². The van der Waals surface area contributed by atoms with Gasteiger partial charge in [0.25, 0.3) is 0 Å². The highest BCUT2D eigenvalue weighted by atomic mass is 35.5. The molecule has 0 aliphatic rings. The Morgan fingerprint density at radius 3 is 2.33 bits per heavy atom. The van der Waals surface area contributed by atoms with Crippen molar-refractivity contribution in [2.45, 2.75) is 0 Å². The number of anilines is 2. The van der Waals surface area contributed by atoms with Crippen molar-refractivity contribution < 1.29 is 0 Å². The molecule has 0 atom stereocenters. The molecule has 1 aromatic carbocycles. The van der Waals surface area contributed by atoms with Crippen LogP contribution in [0.5, 0.6) is 0 Å². The van der Waals surface area contributed by atoms with Crippen LogP contribution in [0.2, 0.25) is 5.15 Å². The van der Waals surface area contributed by atoms with Crippen LogP contribution in [0.3, 0.4) is 0 Å². The molecule has 0 unspecified atom stereocenters. The lowest BCUT2D eigenvalue weighted by atomic mass is 10.1. The predicted octanol–water partition coefficient (Wildman–Crippen LogP) is 1.96. The Bertz CT molecular complexity index is 481. The summed E-state index contributed by atoms with van der Waals surface area (Å²) in [7, 11) is 0. The Balaban J connectivity index is 2.53. The zero-order chi connectivity index (χ0) is 10.8. The first-order valence-electron chi connectivity index (χ1n) is 4.31. The number of halogens is 1. The van der Waals surface area contributed by atoms with Crippen LogP contribution in [-0.2, 0) is 0 Å². The van der Waals surface area contributed by atoms with Gasteiger partial charge in [0, 0.05) is 11.3 Å². The van der Waals surface area contributed by atoms with Crippen molar-refractivity contribution in [2.75, 3.05) is 11.5 Å². The molecule has 1 aromatic heterocycles. The molecule has 0 aliphatic heterocycles. The fourth-order valence-corrected chi connectivity index (χ4v) is 1.42. The summed E-state index contributed by atoms with van der Waals surface area (Å²) in [6.45, 7) is 0. The minimum Gasteiger partial charge on any atom is -0.399 e. The largest absolute Gasteiger partial charge is 0.399 e.